The van der Waals surface area contributed by atoms with Crippen LogP contribution in [0.3, 0.4) is 0 Å². The van der Waals surface area contributed by atoms with E-state index in [0.717, 1.165) is 32.2 Å². The molecule has 1 aromatic carbocycles. The number of nitrogens with zero attached hydrogens (tertiary/aromatic N) is 1. The summed E-state index contributed by atoms with van der Waals surface area (Å²) in [5, 5.41) is 4.64. The molecule has 2 atom stereocenters. The van der Waals surface area contributed by atoms with Gasteiger partial charge in [0.2, 0.25) is 5.91 Å². The van der Waals surface area contributed by atoms with E-state index in [2.05, 4.69) is 22.8 Å². The molecule has 0 aliphatic carbocycles. The average Bonchev–Trinajstić information content (AvgIpc) is 3.13. The van der Waals surface area contributed by atoms with Crippen LogP contribution in [-0.4, -0.2) is 41.4 Å². The zero-order valence-corrected chi connectivity index (χ0v) is 13.0. The molecule has 6 nitrogen and oxygen atoms in total. The molecule has 23 heavy (non-hydrogen) atoms. The van der Waals surface area contributed by atoms with Crippen molar-refractivity contribution >= 4 is 17.8 Å². The molecule has 2 unspecified atom stereocenters. The number of urea groups is 1. The van der Waals surface area contributed by atoms with Gasteiger partial charge in [0.15, 0.2) is 0 Å². The summed E-state index contributed by atoms with van der Waals surface area (Å²) in [5.74, 6) is -0.466. The van der Waals surface area contributed by atoms with Crippen LogP contribution in [0.2, 0.25) is 0 Å². The first-order chi connectivity index (χ1) is 11.1. The third-order valence-corrected chi connectivity index (χ3v) is 4.54. The van der Waals surface area contributed by atoms with Crippen molar-refractivity contribution in [3.05, 3.63) is 35.9 Å². The lowest BCUT2D eigenvalue weighted by Crippen LogP contribution is -2.41. The molecule has 0 saturated carbocycles. The molecule has 0 bridgehead atoms. The maximum Gasteiger partial charge on any atom is 0.322 e. The van der Waals surface area contributed by atoms with Crippen LogP contribution >= 0.6 is 0 Å². The van der Waals surface area contributed by atoms with Crippen LogP contribution in [0.1, 0.15) is 31.2 Å². The van der Waals surface area contributed by atoms with Crippen molar-refractivity contribution in [2.45, 2.75) is 44.2 Å². The van der Waals surface area contributed by atoms with Gasteiger partial charge in [0.1, 0.15) is 6.04 Å². The summed E-state index contributed by atoms with van der Waals surface area (Å²) in [4.78, 5) is 37.0. The summed E-state index contributed by atoms with van der Waals surface area (Å²) in [5.41, 5.74) is 1.27. The van der Waals surface area contributed by atoms with E-state index in [1.165, 1.54) is 5.56 Å². The Bertz CT molecular complexity index is 602. The number of aryl methyl sites for hydroxylation is 1. The Morgan fingerprint density at radius 2 is 2.00 bits per heavy atom. The minimum absolute atomic E-state index is 0.0411. The summed E-state index contributed by atoms with van der Waals surface area (Å²) in [7, 11) is 0. The van der Waals surface area contributed by atoms with Crippen LogP contribution in [0.15, 0.2) is 30.3 Å². The second-order valence-electron chi connectivity index (χ2n) is 6.13. The van der Waals surface area contributed by atoms with E-state index in [1.54, 1.807) is 0 Å². The van der Waals surface area contributed by atoms with E-state index < -0.39 is 18.0 Å². The van der Waals surface area contributed by atoms with E-state index in [0.29, 0.717) is 0 Å². The van der Waals surface area contributed by atoms with Crippen LogP contribution in [0.5, 0.6) is 0 Å². The normalized spacial score (nSPS) is 23.7. The Kier molecular flexibility index (Phi) is 4.60. The van der Waals surface area contributed by atoms with Crippen molar-refractivity contribution in [1.82, 2.24) is 15.5 Å². The Morgan fingerprint density at radius 3 is 2.70 bits per heavy atom. The molecule has 2 N–H and O–H groups in total. The molecule has 2 saturated heterocycles. The Hall–Kier alpha value is -2.37. The maximum atomic E-state index is 12.5. The van der Waals surface area contributed by atoms with Gasteiger partial charge in [0, 0.05) is 12.6 Å². The highest BCUT2D eigenvalue weighted by molar-refractivity contribution is 6.05. The highest BCUT2D eigenvalue weighted by Gasteiger charge is 2.35. The highest BCUT2D eigenvalue weighted by atomic mass is 16.2. The number of carbonyl (C=O) groups excluding carboxylic acids is 3. The van der Waals surface area contributed by atoms with E-state index >= 15 is 0 Å². The van der Waals surface area contributed by atoms with Gasteiger partial charge in [-0.3, -0.25) is 14.9 Å². The predicted molar refractivity (Wildman–Crippen MR) is 84.6 cm³/mol. The summed E-state index contributed by atoms with van der Waals surface area (Å²) >= 11 is 0. The molecule has 2 fully saturated rings. The molecule has 4 amide bonds. The number of imide groups is 1. The first-order valence-corrected chi connectivity index (χ1v) is 8.08. The van der Waals surface area contributed by atoms with Crippen LogP contribution in [0, 0.1) is 0 Å². The van der Waals surface area contributed by atoms with Crippen molar-refractivity contribution in [2.75, 3.05) is 6.54 Å². The lowest BCUT2D eigenvalue weighted by molar-refractivity contribution is -0.134. The molecule has 122 valence electrons. The number of nitrogens with one attached hydrogen (secondary N) is 2. The second kappa shape index (κ2) is 6.81. The number of hydrogen-bond acceptors (Lipinski definition) is 3. The predicted octanol–water partition coefficient (Wildman–Crippen LogP) is 1.21. The fraction of sp³-hybridized carbons (Fsp3) is 0.471. The molecule has 2 aliphatic heterocycles. The van der Waals surface area contributed by atoms with Gasteiger partial charge in [0.25, 0.3) is 5.91 Å². The van der Waals surface area contributed by atoms with Crippen molar-refractivity contribution < 1.29 is 14.4 Å². The molecule has 6 heteroatoms. The minimum atomic E-state index is -0.731. The summed E-state index contributed by atoms with van der Waals surface area (Å²) in [6.45, 7) is 0.737. The summed E-state index contributed by atoms with van der Waals surface area (Å²) in [6.07, 6.45) is 3.91. The summed E-state index contributed by atoms with van der Waals surface area (Å²) < 4.78 is 0. The largest absolute Gasteiger partial charge is 0.340 e. The fourth-order valence-electron chi connectivity index (χ4n) is 3.34. The zero-order chi connectivity index (χ0) is 16.2. The Labute approximate surface area is 135 Å². The van der Waals surface area contributed by atoms with E-state index in [4.69, 9.17) is 0 Å². The highest BCUT2D eigenvalue weighted by Crippen LogP contribution is 2.23. The topological polar surface area (TPSA) is 78.5 Å². The van der Waals surface area contributed by atoms with Gasteiger partial charge in [-0.2, -0.15) is 0 Å². The number of carbonyl (C=O) groups is 3. The van der Waals surface area contributed by atoms with Gasteiger partial charge in [-0.25, -0.2) is 4.79 Å². The second-order valence-corrected chi connectivity index (χ2v) is 6.13. The summed E-state index contributed by atoms with van der Waals surface area (Å²) in [6, 6.07) is 9.21. The third-order valence-electron chi connectivity index (χ3n) is 4.54. The van der Waals surface area contributed by atoms with Gasteiger partial charge in [-0.15, -0.1) is 0 Å². The third kappa shape index (κ3) is 3.70. The smallest absolute Gasteiger partial charge is 0.322 e. The van der Waals surface area contributed by atoms with Gasteiger partial charge in [-0.1, -0.05) is 30.3 Å². The van der Waals surface area contributed by atoms with Gasteiger partial charge in [-0.05, 0) is 31.2 Å². The first-order valence-electron chi connectivity index (χ1n) is 8.08. The van der Waals surface area contributed by atoms with E-state index in [9.17, 15) is 14.4 Å². The van der Waals surface area contributed by atoms with Crippen molar-refractivity contribution in [2.24, 2.45) is 0 Å². The molecule has 0 aromatic heterocycles. The van der Waals surface area contributed by atoms with Gasteiger partial charge >= 0.3 is 6.03 Å². The van der Waals surface area contributed by atoms with Crippen molar-refractivity contribution in [3.8, 4) is 0 Å². The molecule has 0 spiro atoms. The fourth-order valence-corrected chi connectivity index (χ4v) is 3.34. The van der Waals surface area contributed by atoms with Crippen LogP contribution in [0.25, 0.3) is 0 Å². The number of benzene rings is 1. The van der Waals surface area contributed by atoms with Crippen LogP contribution in [0.4, 0.5) is 4.79 Å². The maximum absolute atomic E-state index is 12.5. The number of hydrogen-bond donors (Lipinski definition) is 2. The number of rotatable bonds is 5. The Morgan fingerprint density at radius 1 is 1.22 bits per heavy atom. The first kappa shape index (κ1) is 15.5. The Balaban J connectivity index is 1.54. The van der Waals surface area contributed by atoms with Gasteiger partial charge in [0.05, 0.1) is 6.42 Å². The molecular formula is C17H21N3O3. The van der Waals surface area contributed by atoms with E-state index in [1.807, 2.05) is 23.1 Å². The number of amides is 4. The average molecular weight is 315 g/mol. The molecule has 0 radical (unpaired) electrons. The molecule has 3 rings (SSSR count). The zero-order valence-electron chi connectivity index (χ0n) is 13.0. The van der Waals surface area contributed by atoms with Crippen molar-refractivity contribution in [3.63, 3.8) is 0 Å². The standard InChI is InChI=1S/C17H21N3O3/c21-15(11-14-16(22)19-17(23)18-14)20-10-4-7-13(20)9-8-12-5-2-1-3-6-12/h1-3,5-6,13-14H,4,7-11H2,(H2,18,19,22,23). The lowest BCUT2D eigenvalue weighted by atomic mass is 10.0. The van der Waals surface area contributed by atoms with Crippen LogP contribution < -0.4 is 10.6 Å². The molecule has 1 aromatic rings. The van der Waals surface area contributed by atoms with Crippen molar-refractivity contribution in [1.29, 1.82) is 0 Å². The minimum Gasteiger partial charge on any atom is -0.340 e. The monoisotopic (exact) mass is 315 g/mol. The molecule has 2 aliphatic rings. The molecule has 2 heterocycles. The quantitative estimate of drug-likeness (QED) is 0.802. The van der Waals surface area contributed by atoms with Gasteiger partial charge < -0.3 is 10.2 Å². The molecular weight excluding hydrogens is 294 g/mol. The SMILES string of the molecule is O=C1NC(=O)C(CC(=O)N2CCCC2CCc2ccccc2)N1. The van der Waals surface area contributed by atoms with E-state index in [-0.39, 0.29) is 18.4 Å². The number of likely N-dealkylation sites (tertiary alicyclic amines) is 1. The van der Waals surface area contributed by atoms with Crippen LogP contribution in [-0.2, 0) is 16.0 Å². The lowest BCUT2D eigenvalue weighted by Gasteiger charge is -2.25.